The number of ether oxygens (including phenoxy) is 1. The van der Waals surface area contributed by atoms with Gasteiger partial charge in [-0.05, 0) is 80.9 Å². The van der Waals surface area contributed by atoms with Gasteiger partial charge in [0.2, 0.25) is 0 Å². The van der Waals surface area contributed by atoms with Crippen LogP contribution in [0.25, 0.3) is 0 Å². The summed E-state index contributed by atoms with van der Waals surface area (Å²) in [6.07, 6.45) is 6.03. The smallest absolute Gasteiger partial charge is 0.335 e. The third kappa shape index (κ3) is 2.03. The first-order valence-electron chi connectivity index (χ1n) is 8.17. The SMILES string of the molecule is CC1(Oc2cc(C(=O)O)ccc2F)C2CC3CC(C2)CC1C3. The highest BCUT2D eigenvalue weighted by molar-refractivity contribution is 5.88. The molecule has 4 saturated carbocycles. The molecule has 1 N–H and O–H groups in total. The molecule has 1 aromatic rings. The average molecular weight is 304 g/mol. The number of halogens is 1. The molecule has 0 aromatic heterocycles. The first kappa shape index (κ1) is 14.0. The fraction of sp³-hybridized carbons (Fsp3) is 0.611. The van der Waals surface area contributed by atoms with E-state index in [0.29, 0.717) is 11.8 Å². The van der Waals surface area contributed by atoms with Gasteiger partial charge in [-0.2, -0.15) is 0 Å². The van der Waals surface area contributed by atoms with E-state index in [4.69, 9.17) is 9.84 Å². The molecule has 0 radical (unpaired) electrons. The van der Waals surface area contributed by atoms with Crippen LogP contribution in [0.2, 0.25) is 0 Å². The minimum absolute atomic E-state index is 0.0730. The van der Waals surface area contributed by atoms with E-state index < -0.39 is 11.8 Å². The van der Waals surface area contributed by atoms with Crippen LogP contribution in [0, 0.1) is 29.5 Å². The van der Waals surface area contributed by atoms with Gasteiger partial charge >= 0.3 is 5.97 Å². The van der Waals surface area contributed by atoms with Crippen molar-refractivity contribution >= 4 is 5.97 Å². The molecule has 118 valence electrons. The van der Waals surface area contributed by atoms with Crippen LogP contribution in [-0.4, -0.2) is 16.7 Å². The lowest BCUT2D eigenvalue weighted by Gasteiger charge is -2.59. The fourth-order valence-electron chi connectivity index (χ4n) is 5.24. The summed E-state index contributed by atoms with van der Waals surface area (Å²) in [6.45, 7) is 2.10. The molecule has 4 fully saturated rings. The topological polar surface area (TPSA) is 46.5 Å². The summed E-state index contributed by atoms with van der Waals surface area (Å²) in [5.41, 5.74) is -0.283. The van der Waals surface area contributed by atoms with Crippen molar-refractivity contribution in [3.8, 4) is 5.75 Å². The van der Waals surface area contributed by atoms with Crippen LogP contribution in [0.1, 0.15) is 49.4 Å². The molecule has 4 aliphatic carbocycles. The Labute approximate surface area is 129 Å². The molecular formula is C18H21FO3. The van der Waals surface area contributed by atoms with Crippen LogP contribution in [-0.2, 0) is 0 Å². The van der Waals surface area contributed by atoms with Crippen molar-refractivity contribution in [3.05, 3.63) is 29.6 Å². The summed E-state index contributed by atoms with van der Waals surface area (Å²) in [4.78, 5) is 11.1. The lowest BCUT2D eigenvalue weighted by molar-refractivity contribution is -0.146. The van der Waals surface area contributed by atoms with E-state index >= 15 is 0 Å². The molecule has 0 spiro atoms. The van der Waals surface area contributed by atoms with E-state index in [9.17, 15) is 9.18 Å². The highest BCUT2D eigenvalue weighted by atomic mass is 19.1. The Morgan fingerprint density at radius 2 is 1.77 bits per heavy atom. The number of carboxylic acids is 1. The second-order valence-electron chi connectivity index (χ2n) is 7.54. The van der Waals surface area contributed by atoms with Crippen molar-refractivity contribution in [2.24, 2.45) is 23.7 Å². The van der Waals surface area contributed by atoms with Crippen molar-refractivity contribution < 1.29 is 19.0 Å². The Hall–Kier alpha value is -1.58. The molecule has 4 bridgehead atoms. The summed E-state index contributed by atoms with van der Waals surface area (Å²) in [6, 6.07) is 3.80. The molecule has 4 heteroatoms. The second-order valence-corrected chi connectivity index (χ2v) is 7.54. The molecule has 22 heavy (non-hydrogen) atoms. The zero-order valence-electron chi connectivity index (χ0n) is 12.7. The first-order valence-corrected chi connectivity index (χ1v) is 8.17. The number of hydrogen-bond donors (Lipinski definition) is 1. The van der Waals surface area contributed by atoms with Crippen molar-refractivity contribution in [2.75, 3.05) is 0 Å². The van der Waals surface area contributed by atoms with Gasteiger partial charge in [-0.3, -0.25) is 0 Å². The zero-order chi connectivity index (χ0) is 15.5. The minimum atomic E-state index is -1.06. The number of benzene rings is 1. The predicted molar refractivity (Wildman–Crippen MR) is 79.4 cm³/mol. The van der Waals surface area contributed by atoms with Gasteiger partial charge in [-0.25, -0.2) is 9.18 Å². The average Bonchev–Trinajstić information content (AvgIpc) is 2.46. The van der Waals surface area contributed by atoms with E-state index in [1.807, 2.05) is 0 Å². The molecule has 5 rings (SSSR count). The summed E-state index contributed by atoms with van der Waals surface area (Å²) < 4.78 is 20.3. The second kappa shape index (κ2) is 4.71. The molecule has 1 aromatic carbocycles. The molecule has 0 atom stereocenters. The third-order valence-electron chi connectivity index (χ3n) is 6.27. The monoisotopic (exact) mass is 304 g/mol. The van der Waals surface area contributed by atoms with Gasteiger partial charge in [0, 0.05) is 0 Å². The lowest BCUT2D eigenvalue weighted by atomic mass is 9.50. The fourth-order valence-corrected chi connectivity index (χ4v) is 5.24. The maximum Gasteiger partial charge on any atom is 0.335 e. The van der Waals surface area contributed by atoms with E-state index in [-0.39, 0.29) is 16.9 Å². The van der Waals surface area contributed by atoms with Gasteiger partial charge in [0.05, 0.1) is 5.56 Å². The standard InChI is InChI=1S/C18H21FO3/c1-18(13-5-10-4-11(7-13)8-14(18)6-10)22-16-9-12(17(20)21)2-3-15(16)19/h2-3,9-11,13-14H,4-8H2,1H3,(H,20,21). The number of carbonyl (C=O) groups is 1. The number of rotatable bonds is 3. The summed E-state index contributed by atoms with van der Waals surface area (Å²) in [7, 11) is 0. The quantitative estimate of drug-likeness (QED) is 0.913. The van der Waals surface area contributed by atoms with E-state index in [1.54, 1.807) is 0 Å². The zero-order valence-corrected chi connectivity index (χ0v) is 12.7. The van der Waals surface area contributed by atoms with Crippen molar-refractivity contribution in [1.29, 1.82) is 0 Å². The molecule has 0 unspecified atom stereocenters. The normalized spacial score (nSPS) is 39.0. The number of hydrogen-bond acceptors (Lipinski definition) is 2. The van der Waals surface area contributed by atoms with Crippen molar-refractivity contribution in [3.63, 3.8) is 0 Å². The third-order valence-corrected chi connectivity index (χ3v) is 6.27. The largest absolute Gasteiger partial charge is 0.484 e. The van der Waals surface area contributed by atoms with E-state index in [0.717, 1.165) is 11.8 Å². The Balaban J connectivity index is 1.65. The Kier molecular flexibility index (Phi) is 3.00. The van der Waals surface area contributed by atoms with Gasteiger partial charge in [0.25, 0.3) is 0 Å². The number of aromatic carboxylic acids is 1. The van der Waals surface area contributed by atoms with E-state index in [2.05, 4.69) is 6.92 Å². The first-order chi connectivity index (χ1) is 10.5. The molecule has 0 amide bonds. The molecule has 0 aliphatic heterocycles. The summed E-state index contributed by atoms with van der Waals surface area (Å²) in [5.74, 6) is 1.13. The van der Waals surface area contributed by atoms with Crippen molar-refractivity contribution in [1.82, 2.24) is 0 Å². The van der Waals surface area contributed by atoms with Crippen LogP contribution in [0.3, 0.4) is 0 Å². The maximum absolute atomic E-state index is 14.1. The van der Waals surface area contributed by atoms with E-state index in [1.165, 1.54) is 50.3 Å². The van der Waals surface area contributed by atoms with Gasteiger partial charge in [0.1, 0.15) is 5.60 Å². The Morgan fingerprint density at radius 3 is 2.32 bits per heavy atom. The van der Waals surface area contributed by atoms with Crippen LogP contribution >= 0.6 is 0 Å². The van der Waals surface area contributed by atoms with Gasteiger partial charge in [-0.15, -0.1) is 0 Å². The van der Waals surface area contributed by atoms with Gasteiger partial charge < -0.3 is 9.84 Å². The van der Waals surface area contributed by atoms with Crippen LogP contribution in [0.15, 0.2) is 18.2 Å². The van der Waals surface area contributed by atoms with Crippen molar-refractivity contribution in [2.45, 2.75) is 44.6 Å². The minimum Gasteiger partial charge on any atom is -0.484 e. The number of carboxylic acid groups (broad SMARTS) is 1. The lowest BCUT2D eigenvalue weighted by Crippen LogP contribution is -2.59. The maximum atomic E-state index is 14.1. The highest BCUT2D eigenvalue weighted by Crippen LogP contribution is 2.59. The summed E-state index contributed by atoms with van der Waals surface area (Å²) in [5, 5.41) is 9.09. The highest BCUT2D eigenvalue weighted by Gasteiger charge is 2.56. The molecule has 4 aliphatic rings. The van der Waals surface area contributed by atoms with Crippen LogP contribution < -0.4 is 4.74 Å². The molecule has 3 nitrogen and oxygen atoms in total. The van der Waals surface area contributed by atoms with Gasteiger partial charge in [0.15, 0.2) is 11.6 Å². The molecule has 0 saturated heterocycles. The summed E-state index contributed by atoms with van der Waals surface area (Å²) >= 11 is 0. The predicted octanol–water partition coefficient (Wildman–Crippen LogP) is 4.12. The molecule has 0 heterocycles. The Bertz CT molecular complexity index is 597. The van der Waals surface area contributed by atoms with Crippen LogP contribution in [0.4, 0.5) is 4.39 Å². The Morgan fingerprint density at radius 1 is 1.18 bits per heavy atom. The molecular weight excluding hydrogens is 283 g/mol. The van der Waals surface area contributed by atoms with Crippen LogP contribution in [0.5, 0.6) is 5.75 Å². The van der Waals surface area contributed by atoms with Gasteiger partial charge in [-0.1, -0.05) is 0 Å².